The summed E-state index contributed by atoms with van der Waals surface area (Å²) in [5.74, 6) is -3.81. The van der Waals surface area contributed by atoms with E-state index in [1.54, 1.807) is 12.3 Å². The van der Waals surface area contributed by atoms with E-state index in [1.807, 2.05) is 0 Å². The van der Waals surface area contributed by atoms with Gasteiger partial charge in [0.05, 0.1) is 0 Å². The molecule has 1 aliphatic rings. The minimum absolute atomic E-state index is 0.206. The zero-order valence-electron chi connectivity index (χ0n) is 15.0. The molecule has 1 fully saturated rings. The van der Waals surface area contributed by atoms with Gasteiger partial charge >= 0.3 is 0 Å². The molecule has 8 heteroatoms. The topological polar surface area (TPSA) is 74.0 Å². The van der Waals surface area contributed by atoms with Crippen LogP contribution in [0.4, 0.5) is 13.2 Å². The second kappa shape index (κ2) is 7.62. The standard InChI is InChI=1S/C19H22F3N3O2/c1-11(26)24-17(18(27)25-14-4-6-19(21,22)7-5-14)8-12-10-23-16-9-13(20)2-3-15(12)16/h2-3,9-10,14,17,23H,4-8H2,1H3,(H,24,26)(H,25,27). The highest BCUT2D eigenvalue weighted by Crippen LogP contribution is 2.33. The van der Waals surface area contributed by atoms with Crippen LogP contribution in [0.3, 0.4) is 0 Å². The summed E-state index contributed by atoms with van der Waals surface area (Å²) in [7, 11) is 0. The molecule has 0 bridgehead atoms. The number of alkyl halides is 2. The van der Waals surface area contributed by atoms with E-state index in [0.29, 0.717) is 5.52 Å². The maximum atomic E-state index is 13.3. The van der Waals surface area contributed by atoms with Gasteiger partial charge in [0.25, 0.3) is 0 Å². The molecule has 1 aliphatic carbocycles. The number of fused-ring (bicyclic) bond motifs is 1. The molecule has 3 N–H and O–H groups in total. The van der Waals surface area contributed by atoms with E-state index in [2.05, 4.69) is 15.6 Å². The maximum absolute atomic E-state index is 13.3. The Morgan fingerprint density at radius 1 is 1.30 bits per heavy atom. The van der Waals surface area contributed by atoms with E-state index in [4.69, 9.17) is 0 Å². The number of carbonyl (C=O) groups is 2. The summed E-state index contributed by atoms with van der Waals surface area (Å²) in [6.07, 6.45) is 1.79. The fourth-order valence-corrected chi connectivity index (χ4v) is 3.49. The number of rotatable bonds is 5. The Morgan fingerprint density at radius 2 is 2.00 bits per heavy atom. The van der Waals surface area contributed by atoms with Crippen LogP contribution in [0.5, 0.6) is 0 Å². The monoisotopic (exact) mass is 381 g/mol. The minimum Gasteiger partial charge on any atom is -0.361 e. The second-order valence-electron chi connectivity index (χ2n) is 7.10. The molecule has 146 valence electrons. The first-order chi connectivity index (χ1) is 12.7. The third-order valence-electron chi connectivity index (χ3n) is 4.91. The lowest BCUT2D eigenvalue weighted by Crippen LogP contribution is -2.51. The molecule has 0 aliphatic heterocycles. The molecule has 5 nitrogen and oxygen atoms in total. The van der Waals surface area contributed by atoms with Crippen molar-refractivity contribution in [1.29, 1.82) is 0 Å². The van der Waals surface area contributed by atoms with Gasteiger partial charge in [0.1, 0.15) is 11.9 Å². The van der Waals surface area contributed by atoms with Crippen LogP contribution >= 0.6 is 0 Å². The molecule has 1 saturated carbocycles. The number of benzene rings is 1. The minimum atomic E-state index is -2.67. The number of hydrogen-bond donors (Lipinski definition) is 3. The Kier molecular flexibility index (Phi) is 5.43. The molecule has 0 saturated heterocycles. The third kappa shape index (κ3) is 4.81. The molecule has 2 aromatic rings. The molecule has 1 unspecified atom stereocenters. The number of amides is 2. The molecule has 1 heterocycles. The van der Waals surface area contributed by atoms with Crippen LogP contribution in [-0.4, -0.2) is 34.8 Å². The first-order valence-corrected chi connectivity index (χ1v) is 8.94. The molecule has 0 radical (unpaired) electrons. The number of hydrogen-bond acceptors (Lipinski definition) is 2. The normalized spacial score (nSPS) is 18.2. The molecule has 1 aromatic heterocycles. The Labute approximate surface area is 154 Å². The highest BCUT2D eigenvalue weighted by atomic mass is 19.3. The maximum Gasteiger partial charge on any atom is 0.248 e. The van der Waals surface area contributed by atoms with Gasteiger partial charge in [0.15, 0.2) is 0 Å². The zero-order valence-corrected chi connectivity index (χ0v) is 15.0. The number of aromatic amines is 1. The van der Waals surface area contributed by atoms with Gasteiger partial charge in [-0.15, -0.1) is 0 Å². The van der Waals surface area contributed by atoms with Gasteiger partial charge in [-0.25, -0.2) is 13.2 Å². The van der Waals surface area contributed by atoms with Crippen molar-refractivity contribution >= 4 is 22.7 Å². The van der Waals surface area contributed by atoms with E-state index in [0.717, 1.165) is 10.9 Å². The molecular formula is C19H22F3N3O2. The van der Waals surface area contributed by atoms with Crippen molar-refractivity contribution in [2.75, 3.05) is 0 Å². The van der Waals surface area contributed by atoms with Crippen molar-refractivity contribution in [1.82, 2.24) is 15.6 Å². The summed E-state index contributed by atoms with van der Waals surface area (Å²) in [6, 6.07) is 3.13. The highest BCUT2D eigenvalue weighted by molar-refractivity contribution is 5.89. The molecule has 1 aromatic carbocycles. The molecule has 0 spiro atoms. The molecule has 27 heavy (non-hydrogen) atoms. The summed E-state index contributed by atoms with van der Waals surface area (Å²) in [6.45, 7) is 1.31. The SMILES string of the molecule is CC(=O)NC(Cc1c[nH]c2cc(F)ccc12)C(=O)NC1CCC(F)(F)CC1. The van der Waals surface area contributed by atoms with Gasteiger partial charge < -0.3 is 15.6 Å². The number of carbonyl (C=O) groups excluding carboxylic acids is 2. The summed E-state index contributed by atoms with van der Waals surface area (Å²) in [5.41, 5.74) is 1.36. The first kappa shape index (κ1) is 19.3. The number of H-pyrrole nitrogens is 1. The fourth-order valence-electron chi connectivity index (χ4n) is 3.49. The van der Waals surface area contributed by atoms with Gasteiger partial charge in [-0.1, -0.05) is 0 Å². The molecule has 3 rings (SSSR count). The summed E-state index contributed by atoms with van der Waals surface area (Å²) >= 11 is 0. The van der Waals surface area contributed by atoms with E-state index < -0.39 is 17.9 Å². The first-order valence-electron chi connectivity index (χ1n) is 8.94. The van der Waals surface area contributed by atoms with Crippen LogP contribution in [0.15, 0.2) is 24.4 Å². The summed E-state index contributed by atoms with van der Waals surface area (Å²) < 4.78 is 39.9. The lowest BCUT2D eigenvalue weighted by molar-refractivity contribution is -0.129. The van der Waals surface area contributed by atoms with Gasteiger partial charge in [-0.2, -0.15) is 0 Å². The van der Waals surface area contributed by atoms with Crippen molar-refractivity contribution in [2.24, 2.45) is 0 Å². The Balaban J connectivity index is 1.71. The summed E-state index contributed by atoms with van der Waals surface area (Å²) in [5, 5.41) is 6.15. The van der Waals surface area contributed by atoms with E-state index >= 15 is 0 Å². The van der Waals surface area contributed by atoms with E-state index in [9.17, 15) is 22.8 Å². The predicted octanol–water partition coefficient (Wildman–Crippen LogP) is 3.05. The average Bonchev–Trinajstić information content (AvgIpc) is 2.97. The van der Waals surface area contributed by atoms with Crippen molar-refractivity contribution in [2.45, 2.75) is 57.0 Å². The van der Waals surface area contributed by atoms with E-state index in [1.165, 1.54) is 19.1 Å². The number of halogens is 3. The lowest BCUT2D eigenvalue weighted by atomic mass is 9.92. The van der Waals surface area contributed by atoms with Gasteiger partial charge in [-0.3, -0.25) is 9.59 Å². The van der Waals surface area contributed by atoms with Crippen molar-refractivity contribution in [3.05, 3.63) is 35.8 Å². The van der Waals surface area contributed by atoms with Gasteiger partial charge in [-0.05, 0) is 36.6 Å². The lowest BCUT2D eigenvalue weighted by Gasteiger charge is -2.30. The predicted molar refractivity (Wildman–Crippen MR) is 94.9 cm³/mol. The van der Waals surface area contributed by atoms with Crippen LogP contribution < -0.4 is 10.6 Å². The Morgan fingerprint density at radius 3 is 2.67 bits per heavy atom. The third-order valence-corrected chi connectivity index (χ3v) is 4.91. The van der Waals surface area contributed by atoms with Crippen molar-refractivity contribution in [3.8, 4) is 0 Å². The van der Waals surface area contributed by atoms with Gasteiger partial charge in [0, 0.05) is 49.3 Å². The van der Waals surface area contributed by atoms with Gasteiger partial charge in [0.2, 0.25) is 17.7 Å². The van der Waals surface area contributed by atoms with E-state index in [-0.39, 0.29) is 49.9 Å². The smallest absolute Gasteiger partial charge is 0.248 e. The van der Waals surface area contributed by atoms with Crippen LogP contribution in [-0.2, 0) is 16.0 Å². The van der Waals surface area contributed by atoms with Crippen molar-refractivity contribution in [3.63, 3.8) is 0 Å². The van der Waals surface area contributed by atoms with Crippen LogP contribution in [0.25, 0.3) is 10.9 Å². The van der Waals surface area contributed by atoms with Crippen LogP contribution in [0, 0.1) is 5.82 Å². The molecular weight excluding hydrogens is 359 g/mol. The Hall–Kier alpha value is -2.51. The zero-order chi connectivity index (χ0) is 19.6. The second-order valence-corrected chi connectivity index (χ2v) is 7.10. The highest BCUT2D eigenvalue weighted by Gasteiger charge is 2.36. The number of nitrogens with one attached hydrogen (secondary N) is 3. The van der Waals surface area contributed by atoms with Crippen molar-refractivity contribution < 1.29 is 22.8 Å². The molecule has 2 amide bonds. The average molecular weight is 381 g/mol. The number of aromatic nitrogens is 1. The molecule has 1 atom stereocenters. The quantitative estimate of drug-likeness (QED) is 0.745. The Bertz CT molecular complexity index is 840. The summed E-state index contributed by atoms with van der Waals surface area (Å²) in [4.78, 5) is 27.1. The fraction of sp³-hybridized carbons (Fsp3) is 0.474. The van der Waals surface area contributed by atoms with Crippen LogP contribution in [0.1, 0.15) is 38.2 Å². The largest absolute Gasteiger partial charge is 0.361 e. The van der Waals surface area contributed by atoms with Crippen LogP contribution in [0.2, 0.25) is 0 Å².